The van der Waals surface area contributed by atoms with Crippen molar-refractivity contribution in [2.24, 2.45) is 5.41 Å². The number of esters is 1. The molecule has 2 N–H and O–H groups in total. The lowest BCUT2D eigenvalue weighted by Crippen LogP contribution is -2.28. The van der Waals surface area contributed by atoms with Gasteiger partial charge in [-0.15, -0.1) is 11.3 Å². The Morgan fingerprint density at radius 3 is 2.44 bits per heavy atom. The molecule has 0 aliphatic heterocycles. The van der Waals surface area contributed by atoms with Crippen LogP contribution in [0.2, 0.25) is 0 Å². The van der Waals surface area contributed by atoms with Crippen LogP contribution in [0.1, 0.15) is 47.1 Å². The molecule has 0 saturated carbocycles. The average molecular weight is 480 g/mol. The van der Waals surface area contributed by atoms with Gasteiger partial charge in [0.25, 0.3) is 5.91 Å². The molecule has 0 unspecified atom stereocenters. The molecule has 34 heavy (non-hydrogen) atoms. The highest BCUT2D eigenvalue weighted by atomic mass is 32.1. The fourth-order valence-corrected chi connectivity index (χ4v) is 3.98. The van der Waals surface area contributed by atoms with E-state index in [9.17, 15) is 19.6 Å². The van der Waals surface area contributed by atoms with E-state index >= 15 is 0 Å². The van der Waals surface area contributed by atoms with Gasteiger partial charge in [-0.2, -0.15) is 10.4 Å². The molecule has 10 heteroatoms. The maximum Gasteiger partial charge on any atom is 0.341 e. The first kappa shape index (κ1) is 24.7. The molecule has 0 aliphatic rings. The number of hydrogen-bond donors (Lipinski definition) is 2. The van der Waals surface area contributed by atoms with Crippen molar-refractivity contribution in [3.8, 4) is 11.8 Å². The molecule has 0 saturated heterocycles. The second-order valence-corrected chi connectivity index (χ2v) is 9.81. The Balaban J connectivity index is 1.74. The summed E-state index contributed by atoms with van der Waals surface area (Å²) in [6.07, 6.45) is 1.34. The van der Waals surface area contributed by atoms with Crippen molar-refractivity contribution >= 4 is 39.9 Å². The first-order chi connectivity index (χ1) is 16.0. The van der Waals surface area contributed by atoms with Crippen LogP contribution in [-0.4, -0.2) is 34.2 Å². The number of ether oxygens (including phenoxy) is 1. The van der Waals surface area contributed by atoms with Gasteiger partial charge < -0.3 is 15.4 Å². The van der Waals surface area contributed by atoms with E-state index in [0.29, 0.717) is 16.3 Å². The third kappa shape index (κ3) is 5.32. The average Bonchev–Trinajstić information content (AvgIpc) is 3.31. The highest BCUT2D eigenvalue weighted by molar-refractivity contribution is 7.16. The minimum Gasteiger partial charge on any atom is -0.452 e. The smallest absolute Gasteiger partial charge is 0.341 e. The summed E-state index contributed by atoms with van der Waals surface area (Å²) >= 11 is 1.28. The highest BCUT2D eigenvalue weighted by Crippen LogP contribution is 2.34. The molecule has 0 bridgehead atoms. The number of aromatic nitrogens is 2. The Kier molecular flexibility index (Phi) is 7.17. The van der Waals surface area contributed by atoms with Crippen molar-refractivity contribution in [2.45, 2.75) is 34.6 Å². The van der Waals surface area contributed by atoms with Crippen LogP contribution in [-0.2, 0) is 14.3 Å². The molecule has 0 fully saturated rings. The molecular formula is C24H25N5O4S. The van der Waals surface area contributed by atoms with Gasteiger partial charge in [-0.3, -0.25) is 9.59 Å². The summed E-state index contributed by atoms with van der Waals surface area (Å²) in [6, 6.07) is 11.0. The van der Waals surface area contributed by atoms with E-state index in [4.69, 9.17) is 4.74 Å². The lowest BCUT2D eigenvalue weighted by Gasteiger charge is -2.17. The van der Waals surface area contributed by atoms with Gasteiger partial charge in [0.05, 0.1) is 17.4 Å². The molecule has 0 spiro atoms. The van der Waals surface area contributed by atoms with E-state index in [1.807, 2.05) is 19.1 Å². The molecule has 0 atom stereocenters. The zero-order valence-electron chi connectivity index (χ0n) is 19.6. The lowest BCUT2D eigenvalue weighted by atomic mass is 9.96. The summed E-state index contributed by atoms with van der Waals surface area (Å²) < 4.78 is 6.67. The van der Waals surface area contributed by atoms with E-state index < -0.39 is 23.9 Å². The molecule has 2 amide bonds. The summed E-state index contributed by atoms with van der Waals surface area (Å²) in [5, 5.41) is 19.3. The maximum absolute atomic E-state index is 12.8. The van der Waals surface area contributed by atoms with Crippen LogP contribution in [0.5, 0.6) is 0 Å². The summed E-state index contributed by atoms with van der Waals surface area (Å²) in [4.78, 5) is 38.7. The molecule has 9 nitrogen and oxygen atoms in total. The van der Waals surface area contributed by atoms with Crippen molar-refractivity contribution < 1.29 is 19.1 Å². The van der Waals surface area contributed by atoms with Gasteiger partial charge in [0.15, 0.2) is 12.4 Å². The number of carbonyl (C=O) groups is 3. The van der Waals surface area contributed by atoms with Gasteiger partial charge in [0.2, 0.25) is 5.91 Å². The standard InChI is InChI=1S/C24H25N5O4S/c1-14-15(2)34-21(28-23(32)24(3,4)5)19(14)22(31)33-13-18(30)27-20-16(11-25)12-26-29(20)17-9-7-6-8-10-17/h6-10,12H,13H2,1-5H3,(H,27,30)(H,28,32). The van der Waals surface area contributed by atoms with Crippen LogP contribution >= 0.6 is 11.3 Å². The zero-order chi connectivity index (χ0) is 25.0. The van der Waals surface area contributed by atoms with E-state index in [1.165, 1.54) is 22.2 Å². The number of nitriles is 1. The molecule has 0 radical (unpaired) electrons. The number of benzene rings is 1. The Labute approximate surface area is 201 Å². The number of hydrogen-bond acceptors (Lipinski definition) is 7. The van der Waals surface area contributed by atoms with Gasteiger partial charge in [-0.25, -0.2) is 9.48 Å². The molecule has 176 valence electrons. The zero-order valence-corrected chi connectivity index (χ0v) is 20.4. The highest BCUT2D eigenvalue weighted by Gasteiger charge is 2.27. The van der Waals surface area contributed by atoms with E-state index in [-0.39, 0.29) is 22.9 Å². The molecular weight excluding hydrogens is 454 g/mol. The van der Waals surface area contributed by atoms with Crippen molar-refractivity contribution in [3.63, 3.8) is 0 Å². The summed E-state index contributed by atoms with van der Waals surface area (Å²) in [5.41, 5.74) is 1.07. The number of para-hydroxylation sites is 1. The van der Waals surface area contributed by atoms with Crippen LogP contribution in [0.15, 0.2) is 36.5 Å². The van der Waals surface area contributed by atoms with Gasteiger partial charge in [0, 0.05) is 10.3 Å². The number of thiophene rings is 1. The van der Waals surface area contributed by atoms with E-state index in [2.05, 4.69) is 15.7 Å². The predicted octanol–water partition coefficient (Wildman–Crippen LogP) is 4.20. The molecule has 3 aromatic rings. The second-order valence-electron chi connectivity index (χ2n) is 8.58. The van der Waals surface area contributed by atoms with Gasteiger partial charge >= 0.3 is 5.97 Å². The Hall–Kier alpha value is -3.97. The van der Waals surface area contributed by atoms with Gasteiger partial charge in [-0.05, 0) is 31.5 Å². The normalized spacial score (nSPS) is 10.9. The molecule has 0 aliphatic carbocycles. The SMILES string of the molecule is Cc1sc(NC(=O)C(C)(C)C)c(C(=O)OCC(=O)Nc2c(C#N)cnn2-c2ccccc2)c1C. The maximum atomic E-state index is 12.8. The van der Waals surface area contributed by atoms with Crippen molar-refractivity contribution in [2.75, 3.05) is 17.2 Å². The van der Waals surface area contributed by atoms with Gasteiger partial charge in [0.1, 0.15) is 16.6 Å². The number of nitrogens with zero attached hydrogens (tertiary/aromatic N) is 3. The third-order valence-electron chi connectivity index (χ3n) is 4.98. The van der Waals surface area contributed by atoms with Crippen LogP contribution in [0.3, 0.4) is 0 Å². The number of nitrogens with one attached hydrogen (secondary N) is 2. The van der Waals surface area contributed by atoms with Crippen LogP contribution < -0.4 is 10.6 Å². The first-order valence-corrected chi connectivity index (χ1v) is 11.3. The van der Waals surface area contributed by atoms with E-state index in [1.54, 1.807) is 52.0 Å². The molecule has 3 rings (SSSR count). The number of amides is 2. The minimum atomic E-state index is -0.724. The van der Waals surface area contributed by atoms with Gasteiger partial charge in [-0.1, -0.05) is 39.0 Å². The van der Waals surface area contributed by atoms with Crippen molar-refractivity contribution in [3.05, 3.63) is 58.1 Å². The summed E-state index contributed by atoms with van der Waals surface area (Å²) in [5.74, 6) is -1.42. The van der Waals surface area contributed by atoms with Crippen molar-refractivity contribution in [1.82, 2.24) is 9.78 Å². The minimum absolute atomic E-state index is 0.167. The largest absolute Gasteiger partial charge is 0.452 e. The summed E-state index contributed by atoms with van der Waals surface area (Å²) in [7, 11) is 0. The monoisotopic (exact) mass is 479 g/mol. The number of carbonyl (C=O) groups excluding carboxylic acids is 3. The Morgan fingerprint density at radius 2 is 1.82 bits per heavy atom. The van der Waals surface area contributed by atoms with Crippen LogP contribution in [0.4, 0.5) is 10.8 Å². The predicted molar refractivity (Wildman–Crippen MR) is 129 cm³/mol. The molecule has 2 aromatic heterocycles. The third-order valence-corrected chi connectivity index (χ3v) is 6.10. The quantitative estimate of drug-likeness (QED) is 0.510. The Bertz CT molecular complexity index is 1280. The molecule has 1 aromatic carbocycles. The number of aryl methyl sites for hydroxylation is 1. The van der Waals surface area contributed by atoms with Crippen molar-refractivity contribution in [1.29, 1.82) is 5.26 Å². The fraction of sp³-hybridized carbons (Fsp3) is 0.292. The molecule has 2 heterocycles. The van der Waals surface area contributed by atoms with Crippen LogP contribution in [0.25, 0.3) is 5.69 Å². The first-order valence-electron chi connectivity index (χ1n) is 10.4. The number of rotatable bonds is 6. The number of anilines is 2. The van der Waals surface area contributed by atoms with Crippen LogP contribution in [0, 0.1) is 30.6 Å². The Morgan fingerprint density at radius 1 is 1.15 bits per heavy atom. The lowest BCUT2D eigenvalue weighted by molar-refractivity contribution is -0.123. The topological polar surface area (TPSA) is 126 Å². The fourth-order valence-electron chi connectivity index (χ4n) is 2.94. The summed E-state index contributed by atoms with van der Waals surface area (Å²) in [6.45, 7) is 8.33. The van der Waals surface area contributed by atoms with E-state index in [0.717, 1.165) is 4.88 Å². The second kappa shape index (κ2) is 9.89.